The van der Waals surface area contributed by atoms with Gasteiger partial charge in [0.25, 0.3) is 0 Å². The number of likely N-dealkylation sites (tertiary alicyclic amines) is 1. The van der Waals surface area contributed by atoms with E-state index >= 15 is 0 Å². The summed E-state index contributed by atoms with van der Waals surface area (Å²) in [6.45, 7) is 4.35. The molecule has 3 N–H and O–H groups in total. The SMILES string of the molecule is Cc1c(F)cccc1NC(=O)Nc1ccc(Cl)c(S(=O)(=O)C2(C)CCN(C)CC2)c1O. The average molecular weight is 470 g/mol. The van der Waals surface area contributed by atoms with Crippen LogP contribution in [0.3, 0.4) is 0 Å². The summed E-state index contributed by atoms with van der Waals surface area (Å²) < 4.78 is 39.5. The van der Waals surface area contributed by atoms with Crippen molar-refractivity contribution in [1.29, 1.82) is 0 Å². The third-order valence-corrected chi connectivity index (χ3v) is 8.89. The highest BCUT2D eigenvalue weighted by Gasteiger charge is 2.44. The van der Waals surface area contributed by atoms with Crippen molar-refractivity contribution in [3.8, 4) is 5.75 Å². The van der Waals surface area contributed by atoms with Crippen LogP contribution in [0.15, 0.2) is 35.2 Å². The van der Waals surface area contributed by atoms with Gasteiger partial charge in [-0.3, -0.25) is 0 Å². The van der Waals surface area contributed by atoms with Crippen LogP contribution in [-0.4, -0.2) is 49.3 Å². The Hall–Kier alpha value is -2.36. The molecule has 2 amide bonds. The predicted octanol–water partition coefficient (Wildman–Crippen LogP) is 4.40. The van der Waals surface area contributed by atoms with Crippen LogP contribution < -0.4 is 10.6 Å². The molecule has 0 saturated carbocycles. The monoisotopic (exact) mass is 469 g/mol. The van der Waals surface area contributed by atoms with Gasteiger partial charge in [-0.15, -0.1) is 0 Å². The van der Waals surface area contributed by atoms with E-state index in [2.05, 4.69) is 10.6 Å². The number of phenols is 1. The first-order valence-electron chi connectivity index (χ1n) is 9.74. The molecule has 0 radical (unpaired) electrons. The van der Waals surface area contributed by atoms with Crippen LogP contribution in [0.4, 0.5) is 20.6 Å². The number of aromatic hydroxyl groups is 1. The minimum atomic E-state index is -4.01. The van der Waals surface area contributed by atoms with Gasteiger partial charge in [-0.2, -0.15) is 0 Å². The quantitative estimate of drug-likeness (QED) is 0.576. The first-order chi connectivity index (χ1) is 14.5. The standard InChI is InChI=1S/C21H25ClFN3O4S/c1-13-15(23)5-4-6-16(13)24-20(28)25-17-8-7-14(22)19(18(17)27)31(29,30)21(2)9-11-26(3)12-10-21/h4-8,27H,9-12H2,1-3H3,(H2,24,25,28). The minimum Gasteiger partial charge on any atom is -0.504 e. The number of benzene rings is 2. The second-order valence-electron chi connectivity index (χ2n) is 8.02. The molecule has 168 valence electrons. The van der Waals surface area contributed by atoms with Crippen molar-refractivity contribution < 1.29 is 22.7 Å². The maximum atomic E-state index is 13.7. The molecular weight excluding hydrogens is 445 g/mol. The third-order valence-electron chi connectivity index (χ3n) is 5.81. The van der Waals surface area contributed by atoms with Gasteiger partial charge in [0.15, 0.2) is 15.6 Å². The molecule has 31 heavy (non-hydrogen) atoms. The van der Waals surface area contributed by atoms with Gasteiger partial charge < -0.3 is 20.6 Å². The van der Waals surface area contributed by atoms with E-state index in [1.54, 1.807) is 6.92 Å². The molecule has 3 rings (SSSR count). The highest BCUT2D eigenvalue weighted by atomic mass is 35.5. The molecule has 1 aliphatic heterocycles. The molecule has 0 aliphatic carbocycles. The molecular formula is C21H25ClFN3O4S. The van der Waals surface area contributed by atoms with Crippen molar-refractivity contribution in [3.05, 3.63) is 46.7 Å². The molecule has 1 saturated heterocycles. The predicted molar refractivity (Wildman–Crippen MR) is 119 cm³/mol. The number of anilines is 2. The highest BCUT2D eigenvalue weighted by Crippen LogP contribution is 2.44. The first-order valence-corrected chi connectivity index (χ1v) is 11.6. The van der Waals surface area contributed by atoms with Crippen LogP contribution in [-0.2, 0) is 9.84 Å². The fourth-order valence-corrected chi connectivity index (χ4v) is 5.89. The van der Waals surface area contributed by atoms with Crippen molar-refractivity contribution in [3.63, 3.8) is 0 Å². The molecule has 0 atom stereocenters. The number of sulfone groups is 1. The number of rotatable bonds is 4. The lowest BCUT2D eigenvalue weighted by molar-refractivity contribution is 0.240. The molecule has 0 spiro atoms. The van der Waals surface area contributed by atoms with Gasteiger partial charge >= 0.3 is 6.03 Å². The Morgan fingerprint density at radius 2 is 1.77 bits per heavy atom. The number of nitrogens with zero attached hydrogens (tertiary/aromatic N) is 1. The molecule has 0 unspecified atom stereocenters. The molecule has 1 aliphatic rings. The van der Waals surface area contributed by atoms with E-state index in [-0.39, 0.29) is 22.0 Å². The topological polar surface area (TPSA) is 98.7 Å². The van der Waals surface area contributed by atoms with Gasteiger partial charge in [0.05, 0.1) is 15.5 Å². The van der Waals surface area contributed by atoms with Crippen molar-refractivity contribution >= 4 is 38.8 Å². The number of phenolic OH excluding ortho intramolecular Hbond substituents is 1. The summed E-state index contributed by atoms with van der Waals surface area (Å²) in [6.07, 6.45) is 0.775. The number of urea groups is 1. The number of hydrogen-bond donors (Lipinski definition) is 3. The molecule has 7 nitrogen and oxygen atoms in total. The van der Waals surface area contributed by atoms with Crippen LogP contribution in [0.2, 0.25) is 5.02 Å². The molecule has 1 fully saturated rings. The Morgan fingerprint density at radius 1 is 1.16 bits per heavy atom. The number of nitrogens with one attached hydrogen (secondary N) is 2. The van der Waals surface area contributed by atoms with Gasteiger partial charge in [-0.05, 0) is 71.1 Å². The fourth-order valence-electron chi connectivity index (χ4n) is 3.53. The Labute approximate surface area is 186 Å². The lowest BCUT2D eigenvalue weighted by atomic mass is 9.98. The van der Waals surface area contributed by atoms with Crippen LogP contribution in [0.1, 0.15) is 25.3 Å². The summed E-state index contributed by atoms with van der Waals surface area (Å²) in [6, 6.07) is 6.10. The second-order valence-corrected chi connectivity index (χ2v) is 10.8. The van der Waals surface area contributed by atoms with Crippen LogP contribution in [0.25, 0.3) is 0 Å². The summed E-state index contributed by atoms with van der Waals surface area (Å²) in [4.78, 5) is 14.0. The number of piperidine rings is 1. The smallest absolute Gasteiger partial charge is 0.323 e. The number of halogens is 2. The Balaban J connectivity index is 1.90. The zero-order chi connectivity index (χ0) is 23.0. The molecule has 0 bridgehead atoms. The van der Waals surface area contributed by atoms with E-state index in [9.17, 15) is 22.7 Å². The van der Waals surface area contributed by atoms with E-state index in [1.807, 2.05) is 11.9 Å². The van der Waals surface area contributed by atoms with Crippen LogP contribution in [0, 0.1) is 12.7 Å². The van der Waals surface area contributed by atoms with Crippen molar-refractivity contribution in [2.45, 2.75) is 36.3 Å². The maximum absolute atomic E-state index is 13.7. The maximum Gasteiger partial charge on any atom is 0.323 e. The molecule has 1 heterocycles. The van der Waals surface area contributed by atoms with Crippen molar-refractivity contribution in [2.24, 2.45) is 0 Å². The van der Waals surface area contributed by atoms with Gasteiger partial charge in [-0.25, -0.2) is 17.6 Å². The van der Waals surface area contributed by atoms with E-state index in [0.717, 1.165) is 0 Å². The summed E-state index contributed by atoms with van der Waals surface area (Å²) in [5, 5.41) is 15.5. The highest BCUT2D eigenvalue weighted by molar-refractivity contribution is 7.93. The largest absolute Gasteiger partial charge is 0.504 e. The molecule has 2 aromatic carbocycles. The first kappa shape index (κ1) is 23.3. The number of amides is 2. The summed E-state index contributed by atoms with van der Waals surface area (Å²) >= 11 is 6.18. The Kier molecular flexibility index (Phi) is 6.50. The van der Waals surface area contributed by atoms with Crippen LogP contribution >= 0.6 is 11.6 Å². The van der Waals surface area contributed by atoms with Gasteiger partial charge in [0.1, 0.15) is 10.7 Å². The fraction of sp³-hybridized carbons (Fsp3) is 0.381. The Bertz CT molecular complexity index is 1120. The van der Waals surface area contributed by atoms with Crippen LogP contribution in [0.5, 0.6) is 5.75 Å². The Morgan fingerprint density at radius 3 is 2.42 bits per heavy atom. The van der Waals surface area contributed by atoms with E-state index in [4.69, 9.17) is 11.6 Å². The average Bonchev–Trinajstić information content (AvgIpc) is 2.70. The van der Waals surface area contributed by atoms with E-state index < -0.39 is 37.1 Å². The van der Waals surface area contributed by atoms with E-state index in [0.29, 0.717) is 25.9 Å². The minimum absolute atomic E-state index is 0.119. The third kappa shape index (κ3) is 4.49. The van der Waals surface area contributed by atoms with E-state index in [1.165, 1.54) is 37.3 Å². The summed E-state index contributed by atoms with van der Waals surface area (Å²) in [5.41, 5.74) is 0.375. The van der Waals surface area contributed by atoms with Gasteiger partial charge in [0, 0.05) is 11.3 Å². The van der Waals surface area contributed by atoms with Crippen molar-refractivity contribution in [1.82, 2.24) is 4.90 Å². The number of carbonyl (C=O) groups is 1. The number of carbonyl (C=O) groups excluding carboxylic acids is 1. The lowest BCUT2D eigenvalue weighted by Crippen LogP contribution is -2.46. The zero-order valence-corrected chi connectivity index (χ0v) is 19.1. The van der Waals surface area contributed by atoms with Gasteiger partial charge in [0.2, 0.25) is 0 Å². The summed E-state index contributed by atoms with van der Waals surface area (Å²) in [7, 11) is -2.09. The molecule has 10 heteroatoms. The van der Waals surface area contributed by atoms with Crippen molar-refractivity contribution in [2.75, 3.05) is 30.8 Å². The molecule has 2 aromatic rings. The normalized spacial score (nSPS) is 16.7. The van der Waals surface area contributed by atoms with Gasteiger partial charge in [-0.1, -0.05) is 17.7 Å². The lowest BCUT2D eigenvalue weighted by Gasteiger charge is -2.37. The number of hydrogen-bond acceptors (Lipinski definition) is 5. The second kappa shape index (κ2) is 8.64. The zero-order valence-electron chi connectivity index (χ0n) is 17.5. The summed E-state index contributed by atoms with van der Waals surface area (Å²) in [5.74, 6) is -1.11. The molecule has 0 aromatic heterocycles.